The standard InChI is InChI=1S/C16H24N4O3/c1-23-14-4-2-13(3-5-14)16(22)18-6-7-19-8-10-20(11-9-19)15(21)12-17/h2-5H,6-12,17H2,1H3,(H,18,22). The summed E-state index contributed by atoms with van der Waals surface area (Å²) in [5.74, 6) is 0.633. The summed E-state index contributed by atoms with van der Waals surface area (Å²) < 4.78 is 5.07. The molecule has 0 bridgehead atoms. The van der Waals surface area contributed by atoms with Crippen molar-refractivity contribution in [3.8, 4) is 5.75 Å². The lowest BCUT2D eigenvalue weighted by atomic mass is 10.2. The number of rotatable bonds is 6. The third kappa shape index (κ3) is 4.94. The molecule has 0 unspecified atom stereocenters. The number of benzene rings is 1. The van der Waals surface area contributed by atoms with E-state index in [1.165, 1.54) is 0 Å². The summed E-state index contributed by atoms with van der Waals surface area (Å²) >= 11 is 0. The van der Waals surface area contributed by atoms with E-state index in [9.17, 15) is 9.59 Å². The summed E-state index contributed by atoms with van der Waals surface area (Å²) in [6.45, 7) is 4.43. The summed E-state index contributed by atoms with van der Waals surface area (Å²) in [6.07, 6.45) is 0. The molecule has 1 aromatic carbocycles. The minimum Gasteiger partial charge on any atom is -0.497 e. The number of methoxy groups -OCH3 is 1. The van der Waals surface area contributed by atoms with Crippen molar-refractivity contribution in [2.75, 3.05) is 52.9 Å². The predicted molar refractivity (Wildman–Crippen MR) is 87.4 cm³/mol. The van der Waals surface area contributed by atoms with Crippen molar-refractivity contribution < 1.29 is 14.3 Å². The Morgan fingerprint density at radius 2 is 1.83 bits per heavy atom. The number of hydrogen-bond donors (Lipinski definition) is 2. The zero-order valence-electron chi connectivity index (χ0n) is 13.5. The molecule has 1 saturated heterocycles. The Morgan fingerprint density at radius 3 is 2.39 bits per heavy atom. The fourth-order valence-corrected chi connectivity index (χ4v) is 2.52. The van der Waals surface area contributed by atoms with Crippen LogP contribution in [0.2, 0.25) is 0 Å². The molecular formula is C16H24N4O3. The second-order valence-corrected chi connectivity index (χ2v) is 5.41. The molecule has 7 heteroatoms. The molecule has 0 radical (unpaired) electrons. The van der Waals surface area contributed by atoms with Gasteiger partial charge in [0.05, 0.1) is 13.7 Å². The highest BCUT2D eigenvalue weighted by atomic mass is 16.5. The molecule has 2 amide bonds. The van der Waals surface area contributed by atoms with E-state index in [0.29, 0.717) is 25.2 Å². The Labute approximate surface area is 136 Å². The molecule has 1 aliphatic rings. The second kappa shape index (κ2) is 8.50. The second-order valence-electron chi connectivity index (χ2n) is 5.41. The average molecular weight is 320 g/mol. The lowest BCUT2D eigenvalue weighted by molar-refractivity contribution is -0.131. The number of ether oxygens (including phenoxy) is 1. The number of piperazine rings is 1. The molecule has 1 heterocycles. The van der Waals surface area contributed by atoms with Gasteiger partial charge >= 0.3 is 0 Å². The zero-order chi connectivity index (χ0) is 16.7. The number of hydrogen-bond acceptors (Lipinski definition) is 5. The van der Waals surface area contributed by atoms with E-state index in [1.54, 1.807) is 36.3 Å². The Hall–Kier alpha value is -2.12. The third-order valence-corrected chi connectivity index (χ3v) is 3.97. The van der Waals surface area contributed by atoms with Gasteiger partial charge in [0.15, 0.2) is 0 Å². The van der Waals surface area contributed by atoms with Crippen LogP contribution in [0.5, 0.6) is 5.75 Å². The van der Waals surface area contributed by atoms with Crippen molar-refractivity contribution in [2.45, 2.75) is 0 Å². The Morgan fingerprint density at radius 1 is 1.17 bits per heavy atom. The summed E-state index contributed by atoms with van der Waals surface area (Å²) in [5.41, 5.74) is 5.98. The van der Waals surface area contributed by atoms with Crippen molar-refractivity contribution in [2.24, 2.45) is 5.73 Å². The van der Waals surface area contributed by atoms with Gasteiger partial charge in [0.1, 0.15) is 5.75 Å². The minimum absolute atomic E-state index is 0.00235. The van der Waals surface area contributed by atoms with E-state index in [1.807, 2.05) is 0 Å². The van der Waals surface area contributed by atoms with E-state index >= 15 is 0 Å². The van der Waals surface area contributed by atoms with Crippen molar-refractivity contribution in [1.82, 2.24) is 15.1 Å². The molecule has 0 atom stereocenters. The van der Waals surface area contributed by atoms with Gasteiger partial charge in [-0.15, -0.1) is 0 Å². The molecule has 126 valence electrons. The monoisotopic (exact) mass is 320 g/mol. The summed E-state index contributed by atoms with van der Waals surface area (Å²) in [4.78, 5) is 27.5. The van der Waals surface area contributed by atoms with Crippen LogP contribution < -0.4 is 15.8 Å². The van der Waals surface area contributed by atoms with Crippen LogP contribution in [0.3, 0.4) is 0 Å². The van der Waals surface area contributed by atoms with Crippen LogP contribution in [-0.4, -0.2) is 74.5 Å². The SMILES string of the molecule is COc1ccc(C(=O)NCCN2CCN(C(=O)CN)CC2)cc1. The molecule has 0 saturated carbocycles. The highest BCUT2D eigenvalue weighted by Crippen LogP contribution is 2.11. The maximum atomic E-state index is 12.0. The Balaban J connectivity index is 1.69. The molecule has 1 aliphatic heterocycles. The molecule has 0 aromatic heterocycles. The van der Waals surface area contributed by atoms with Crippen LogP contribution in [0, 0.1) is 0 Å². The van der Waals surface area contributed by atoms with Gasteiger partial charge in [0, 0.05) is 44.8 Å². The van der Waals surface area contributed by atoms with Crippen molar-refractivity contribution >= 4 is 11.8 Å². The van der Waals surface area contributed by atoms with E-state index in [0.717, 1.165) is 25.4 Å². The predicted octanol–water partition coefficient (Wildman–Crippen LogP) is -0.472. The lowest BCUT2D eigenvalue weighted by Gasteiger charge is -2.34. The molecule has 3 N–H and O–H groups in total. The number of nitrogens with two attached hydrogens (primary N) is 1. The lowest BCUT2D eigenvalue weighted by Crippen LogP contribution is -2.51. The average Bonchev–Trinajstić information content (AvgIpc) is 2.61. The van der Waals surface area contributed by atoms with Gasteiger partial charge in [-0.05, 0) is 24.3 Å². The topological polar surface area (TPSA) is 87.9 Å². The Bertz CT molecular complexity index is 525. The molecule has 23 heavy (non-hydrogen) atoms. The summed E-state index contributed by atoms with van der Waals surface area (Å²) in [6, 6.07) is 7.02. The van der Waals surface area contributed by atoms with Crippen LogP contribution in [0.25, 0.3) is 0 Å². The van der Waals surface area contributed by atoms with Crippen LogP contribution >= 0.6 is 0 Å². The first-order valence-electron chi connectivity index (χ1n) is 7.76. The van der Waals surface area contributed by atoms with Gasteiger partial charge in [-0.25, -0.2) is 0 Å². The molecule has 2 rings (SSSR count). The van der Waals surface area contributed by atoms with Crippen molar-refractivity contribution in [1.29, 1.82) is 0 Å². The first-order chi connectivity index (χ1) is 11.1. The molecule has 1 fully saturated rings. The smallest absolute Gasteiger partial charge is 0.251 e. The number of amides is 2. The highest BCUT2D eigenvalue weighted by molar-refractivity contribution is 5.94. The summed E-state index contributed by atoms with van der Waals surface area (Å²) in [5, 5.41) is 2.91. The van der Waals surface area contributed by atoms with E-state index in [4.69, 9.17) is 10.5 Å². The van der Waals surface area contributed by atoms with Crippen LogP contribution in [0.15, 0.2) is 24.3 Å². The van der Waals surface area contributed by atoms with Gasteiger partial charge in [-0.2, -0.15) is 0 Å². The van der Waals surface area contributed by atoms with Gasteiger partial charge in [0.2, 0.25) is 5.91 Å². The fourth-order valence-electron chi connectivity index (χ4n) is 2.52. The normalized spacial score (nSPS) is 15.3. The maximum absolute atomic E-state index is 12.0. The van der Waals surface area contributed by atoms with Crippen molar-refractivity contribution in [3.05, 3.63) is 29.8 Å². The van der Waals surface area contributed by atoms with E-state index < -0.39 is 0 Å². The fraction of sp³-hybridized carbons (Fsp3) is 0.500. The molecule has 0 spiro atoms. The number of carbonyl (C=O) groups is 2. The minimum atomic E-state index is -0.0930. The van der Waals surface area contributed by atoms with Crippen LogP contribution in [0.4, 0.5) is 0 Å². The zero-order valence-corrected chi connectivity index (χ0v) is 13.5. The maximum Gasteiger partial charge on any atom is 0.251 e. The molecular weight excluding hydrogens is 296 g/mol. The van der Waals surface area contributed by atoms with Crippen LogP contribution in [-0.2, 0) is 4.79 Å². The van der Waals surface area contributed by atoms with Gasteiger partial charge < -0.3 is 20.7 Å². The third-order valence-electron chi connectivity index (χ3n) is 3.97. The highest BCUT2D eigenvalue weighted by Gasteiger charge is 2.19. The largest absolute Gasteiger partial charge is 0.497 e. The molecule has 1 aromatic rings. The Kier molecular flexibility index (Phi) is 6.37. The number of nitrogens with one attached hydrogen (secondary N) is 1. The van der Waals surface area contributed by atoms with E-state index in [-0.39, 0.29) is 18.4 Å². The van der Waals surface area contributed by atoms with Gasteiger partial charge in [0.25, 0.3) is 5.91 Å². The van der Waals surface area contributed by atoms with Gasteiger partial charge in [-0.3, -0.25) is 14.5 Å². The summed E-state index contributed by atoms with van der Waals surface area (Å²) in [7, 11) is 1.59. The van der Waals surface area contributed by atoms with E-state index in [2.05, 4.69) is 10.2 Å². The van der Waals surface area contributed by atoms with Crippen molar-refractivity contribution in [3.63, 3.8) is 0 Å². The first-order valence-corrected chi connectivity index (χ1v) is 7.76. The van der Waals surface area contributed by atoms with Crippen LogP contribution in [0.1, 0.15) is 10.4 Å². The molecule has 7 nitrogen and oxygen atoms in total. The number of nitrogens with zero attached hydrogens (tertiary/aromatic N) is 2. The number of carbonyl (C=O) groups excluding carboxylic acids is 2. The first kappa shape index (κ1) is 17.2. The molecule has 0 aliphatic carbocycles. The van der Waals surface area contributed by atoms with Gasteiger partial charge in [-0.1, -0.05) is 0 Å². The quantitative estimate of drug-likeness (QED) is 0.740.